The maximum atomic E-state index is 14.0. The number of hydrogen-bond acceptors (Lipinski definition) is 9. The lowest BCUT2D eigenvalue weighted by Crippen LogP contribution is -2.30. The lowest BCUT2D eigenvalue weighted by atomic mass is 10.0. The summed E-state index contributed by atoms with van der Waals surface area (Å²) in [5.74, 6) is -2.43. The number of carbonyl (C=O) groups excluding carboxylic acids is 3. The molecule has 0 radical (unpaired) electrons. The van der Waals surface area contributed by atoms with E-state index in [1.165, 1.54) is 51.4 Å². The van der Waals surface area contributed by atoms with E-state index in [0.29, 0.717) is 11.3 Å². The second-order valence-electron chi connectivity index (χ2n) is 8.92. The molecule has 1 heterocycles. The third kappa shape index (κ3) is 7.78. The molecule has 40 heavy (non-hydrogen) atoms. The zero-order valence-electron chi connectivity index (χ0n) is 23.0. The van der Waals surface area contributed by atoms with Gasteiger partial charge in [-0.15, -0.1) is 0 Å². The number of ketones is 1. The number of halogens is 1. The number of methoxy groups -OCH3 is 1. The van der Waals surface area contributed by atoms with E-state index >= 15 is 0 Å². The van der Waals surface area contributed by atoms with Crippen molar-refractivity contribution in [3.05, 3.63) is 77.9 Å². The van der Waals surface area contributed by atoms with Gasteiger partial charge in [-0.2, -0.15) is 0 Å². The molecule has 0 unspecified atom stereocenters. The third-order valence-corrected chi connectivity index (χ3v) is 5.81. The van der Waals surface area contributed by atoms with Gasteiger partial charge in [0.25, 0.3) is 0 Å². The van der Waals surface area contributed by atoms with Crippen molar-refractivity contribution in [3.8, 4) is 23.0 Å². The standard InChI is InChI=1S/C30H32FNO8/c1-6-37-26-17-21(31)12-13-23(26)28(40-22-10-8-7-9-11-22)19(3)38-30(35)18(2)16-24(34)27-29(39-20(4)33)25(36-5)14-15-32-27/h7-15,17-19,28H,6,16H2,1-5H3/t18-,19+,28+/m1/s1. The van der Waals surface area contributed by atoms with E-state index in [1.807, 2.05) is 6.07 Å². The zero-order valence-corrected chi connectivity index (χ0v) is 23.0. The molecule has 3 aromatic rings. The first kappa shape index (κ1) is 30.1. The predicted molar refractivity (Wildman–Crippen MR) is 143 cm³/mol. The molecule has 3 rings (SSSR count). The highest BCUT2D eigenvalue weighted by atomic mass is 19.1. The van der Waals surface area contributed by atoms with Gasteiger partial charge in [-0.25, -0.2) is 9.37 Å². The number of Topliss-reactive ketones (excluding diaryl/α,β-unsaturated/α-hetero) is 1. The van der Waals surface area contributed by atoms with Gasteiger partial charge in [0.05, 0.1) is 19.6 Å². The number of esters is 2. The lowest BCUT2D eigenvalue weighted by Gasteiger charge is -2.28. The summed E-state index contributed by atoms with van der Waals surface area (Å²) in [7, 11) is 1.37. The van der Waals surface area contributed by atoms with Crippen LogP contribution in [-0.4, -0.2) is 42.5 Å². The van der Waals surface area contributed by atoms with E-state index in [4.69, 9.17) is 23.7 Å². The first-order valence-electron chi connectivity index (χ1n) is 12.7. The zero-order chi connectivity index (χ0) is 29.2. The normalized spacial score (nSPS) is 12.9. The number of carbonyl (C=O) groups is 3. The number of rotatable bonds is 13. The first-order valence-corrected chi connectivity index (χ1v) is 12.7. The Bertz CT molecular complexity index is 1330. The Balaban J connectivity index is 1.81. The van der Waals surface area contributed by atoms with Gasteiger partial charge in [0.2, 0.25) is 5.75 Å². The van der Waals surface area contributed by atoms with E-state index < -0.39 is 41.7 Å². The SMILES string of the molecule is CCOc1cc(F)ccc1[C@@H](Oc1ccccc1)[C@H](C)OC(=O)[C@H](C)CC(=O)c1nccc(OC)c1OC(C)=O. The van der Waals surface area contributed by atoms with Crippen LogP contribution < -0.4 is 18.9 Å². The summed E-state index contributed by atoms with van der Waals surface area (Å²) in [6, 6.07) is 14.4. The number of ether oxygens (including phenoxy) is 5. The molecule has 0 spiro atoms. The predicted octanol–water partition coefficient (Wildman–Crippen LogP) is 5.51. The molecule has 0 fully saturated rings. The summed E-state index contributed by atoms with van der Waals surface area (Å²) in [4.78, 5) is 41.8. The molecule has 10 heteroatoms. The minimum Gasteiger partial charge on any atom is -0.493 e. The second kappa shape index (κ2) is 14.1. The van der Waals surface area contributed by atoms with Crippen LogP contribution in [0.1, 0.15) is 56.3 Å². The molecule has 0 bridgehead atoms. The lowest BCUT2D eigenvalue weighted by molar-refractivity contribution is -0.157. The Morgan fingerprint density at radius 1 is 1.00 bits per heavy atom. The first-order chi connectivity index (χ1) is 19.1. The molecule has 0 N–H and O–H groups in total. The van der Waals surface area contributed by atoms with Crippen LogP contribution in [0.5, 0.6) is 23.0 Å². The average molecular weight is 554 g/mol. The van der Waals surface area contributed by atoms with Gasteiger partial charge in [-0.05, 0) is 38.1 Å². The summed E-state index contributed by atoms with van der Waals surface area (Å²) in [6.45, 7) is 6.42. The highest BCUT2D eigenvalue weighted by Gasteiger charge is 2.31. The Labute approximate surface area is 232 Å². The molecule has 0 saturated heterocycles. The van der Waals surface area contributed by atoms with Crippen molar-refractivity contribution in [2.45, 2.75) is 46.3 Å². The number of benzene rings is 2. The molecular formula is C30H32FNO8. The van der Waals surface area contributed by atoms with Crippen LogP contribution in [0.25, 0.3) is 0 Å². The largest absolute Gasteiger partial charge is 0.493 e. The summed E-state index contributed by atoms with van der Waals surface area (Å²) >= 11 is 0. The number of nitrogens with zero attached hydrogens (tertiary/aromatic N) is 1. The van der Waals surface area contributed by atoms with Crippen molar-refractivity contribution >= 4 is 17.7 Å². The van der Waals surface area contributed by atoms with E-state index in [-0.39, 0.29) is 36.0 Å². The highest BCUT2D eigenvalue weighted by molar-refractivity contribution is 5.99. The monoisotopic (exact) mass is 553 g/mol. The van der Waals surface area contributed by atoms with Crippen LogP contribution in [0.15, 0.2) is 60.8 Å². The summed E-state index contributed by atoms with van der Waals surface area (Å²) in [5, 5.41) is 0. The molecular weight excluding hydrogens is 521 g/mol. The summed E-state index contributed by atoms with van der Waals surface area (Å²) in [5.41, 5.74) is 0.350. The Hall–Kier alpha value is -4.47. The topological polar surface area (TPSA) is 110 Å². The molecule has 9 nitrogen and oxygen atoms in total. The van der Waals surface area contributed by atoms with Crippen LogP contribution in [0.2, 0.25) is 0 Å². The van der Waals surface area contributed by atoms with Crippen molar-refractivity contribution < 1.29 is 42.5 Å². The molecule has 0 saturated carbocycles. The second-order valence-corrected chi connectivity index (χ2v) is 8.92. The quantitative estimate of drug-likeness (QED) is 0.200. The third-order valence-electron chi connectivity index (χ3n) is 5.81. The molecule has 3 atom stereocenters. The fraction of sp³-hybridized carbons (Fsp3) is 0.333. The van der Waals surface area contributed by atoms with Crippen molar-refractivity contribution in [1.29, 1.82) is 0 Å². The van der Waals surface area contributed by atoms with Crippen LogP contribution in [0.3, 0.4) is 0 Å². The Kier molecular flexibility index (Phi) is 10.6. The van der Waals surface area contributed by atoms with Gasteiger partial charge < -0.3 is 23.7 Å². The number of aromatic nitrogens is 1. The molecule has 0 aliphatic rings. The number of pyridine rings is 1. The van der Waals surface area contributed by atoms with Crippen LogP contribution in [0.4, 0.5) is 4.39 Å². The minimum atomic E-state index is -0.884. The molecule has 0 aliphatic carbocycles. The van der Waals surface area contributed by atoms with Crippen LogP contribution >= 0.6 is 0 Å². The summed E-state index contributed by atoms with van der Waals surface area (Å²) < 4.78 is 41.9. The van der Waals surface area contributed by atoms with Gasteiger partial charge in [0.1, 0.15) is 23.4 Å². The van der Waals surface area contributed by atoms with E-state index in [9.17, 15) is 18.8 Å². The Morgan fingerprint density at radius 3 is 2.38 bits per heavy atom. The van der Waals surface area contributed by atoms with E-state index in [1.54, 1.807) is 38.1 Å². The fourth-order valence-electron chi connectivity index (χ4n) is 3.93. The van der Waals surface area contributed by atoms with Crippen LogP contribution in [-0.2, 0) is 14.3 Å². The molecule has 1 aromatic heterocycles. The van der Waals surface area contributed by atoms with Gasteiger partial charge in [-0.1, -0.05) is 25.1 Å². The summed E-state index contributed by atoms with van der Waals surface area (Å²) in [6.07, 6.45) is -0.646. The Morgan fingerprint density at radius 2 is 1.73 bits per heavy atom. The van der Waals surface area contributed by atoms with Crippen molar-refractivity contribution in [2.75, 3.05) is 13.7 Å². The minimum absolute atomic E-state index is 0.118. The number of para-hydroxylation sites is 1. The van der Waals surface area contributed by atoms with Crippen molar-refractivity contribution in [1.82, 2.24) is 4.98 Å². The smallest absolute Gasteiger partial charge is 0.309 e. The average Bonchev–Trinajstić information content (AvgIpc) is 2.92. The van der Waals surface area contributed by atoms with Gasteiger partial charge in [0, 0.05) is 37.2 Å². The van der Waals surface area contributed by atoms with Crippen molar-refractivity contribution in [2.24, 2.45) is 5.92 Å². The van der Waals surface area contributed by atoms with Crippen molar-refractivity contribution in [3.63, 3.8) is 0 Å². The molecule has 0 amide bonds. The van der Waals surface area contributed by atoms with Crippen LogP contribution in [0, 0.1) is 11.7 Å². The van der Waals surface area contributed by atoms with E-state index in [0.717, 1.165) is 0 Å². The molecule has 212 valence electrons. The van der Waals surface area contributed by atoms with Gasteiger partial charge in [0.15, 0.2) is 23.3 Å². The number of hydrogen-bond donors (Lipinski definition) is 0. The van der Waals surface area contributed by atoms with E-state index in [2.05, 4.69) is 4.98 Å². The maximum Gasteiger partial charge on any atom is 0.309 e. The fourth-order valence-corrected chi connectivity index (χ4v) is 3.93. The van der Waals surface area contributed by atoms with Gasteiger partial charge in [-0.3, -0.25) is 14.4 Å². The molecule has 0 aliphatic heterocycles. The maximum absolute atomic E-state index is 14.0. The molecule has 2 aromatic carbocycles. The van der Waals surface area contributed by atoms with Gasteiger partial charge >= 0.3 is 11.9 Å². The highest BCUT2D eigenvalue weighted by Crippen LogP contribution is 2.35.